The van der Waals surface area contributed by atoms with E-state index in [0.29, 0.717) is 39.9 Å². The first-order valence-electron chi connectivity index (χ1n) is 10.3. The van der Waals surface area contributed by atoms with Crippen molar-refractivity contribution in [3.63, 3.8) is 0 Å². The summed E-state index contributed by atoms with van der Waals surface area (Å²) < 4.78 is 36.2. The van der Waals surface area contributed by atoms with Gasteiger partial charge in [-0.25, -0.2) is 13.4 Å². The first kappa shape index (κ1) is 22.3. The number of rotatable bonds is 7. The van der Waals surface area contributed by atoms with E-state index in [1.165, 1.54) is 11.3 Å². The van der Waals surface area contributed by atoms with Crippen molar-refractivity contribution in [3.8, 4) is 22.1 Å². The third kappa shape index (κ3) is 4.35. The molecular weight excluding hydrogens is 448 g/mol. The first-order valence-corrected chi connectivity index (χ1v) is 12.7. The molecule has 0 saturated heterocycles. The van der Waals surface area contributed by atoms with Gasteiger partial charge in [0.1, 0.15) is 10.7 Å². The third-order valence-corrected chi connectivity index (χ3v) is 8.71. The summed E-state index contributed by atoms with van der Waals surface area (Å²) in [5, 5.41) is 4.77. The Balaban J connectivity index is 1.49. The van der Waals surface area contributed by atoms with Gasteiger partial charge in [0.15, 0.2) is 21.3 Å². The van der Waals surface area contributed by atoms with Crippen molar-refractivity contribution in [1.29, 1.82) is 0 Å². The highest BCUT2D eigenvalue weighted by molar-refractivity contribution is 7.92. The molecule has 0 atom stereocenters. The van der Waals surface area contributed by atoms with Gasteiger partial charge < -0.3 is 14.8 Å². The van der Waals surface area contributed by atoms with Crippen LogP contribution in [0.2, 0.25) is 0 Å². The molecule has 0 aliphatic heterocycles. The minimum Gasteiger partial charge on any atom is -0.493 e. The standard InChI is InChI=1S/C23H24N2O5S2/c1-29-20-9-5-8-18(21(20)30-2)23-25-19(14-31-23)22(26)24-15-10-12-17(13-11-15)32(27,28)16-6-3-4-7-16/h5,8-14,16H,3-4,6-7H2,1-2H3,(H,24,26). The molecule has 1 fully saturated rings. The molecule has 1 N–H and O–H groups in total. The van der Waals surface area contributed by atoms with Crippen molar-refractivity contribution in [2.45, 2.75) is 35.8 Å². The molecule has 7 nitrogen and oxygen atoms in total. The number of nitrogens with zero attached hydrogens (tertiary/aromatic N) is 1. The number of nitrogens with one attached hydrogen (secondary N) is 1. The molecule has 0 spiro atoms. The summed E-state index contributed by atoms with van der Waals surface area (Å²) in [6, 6.07) is 11.8. The lowest BCUT2D eigenvalue weighted by Crippen LogP contribution is -2.18. The maximum absolute atomic E-state index is 12.7. The summed E-state index contributed by atoms with van der Waals surface area (Å²) in [5.74, 6) is 0.759. The molecule has 1 amide bonds. The van der Waals surface area contributed by atoms with Crippen LogP contribution in [0.15, 0.2) is 52.7 Å². The monoisotopic (exact) mass is 472 g/mol. The number of aromatic nitrogens is 1. The fourth-order valence-electron chi connectivity index (χ4n) is 3.87. The second-order valence-electron chi connectivity index (χ2n) is 7.51. The highest BCUT2D eigenvalue weighted by Gasteiger charge is 2.30. The van der Waals surface area contributed by atoms with E-state index in [4.69, 9.17) is 9.47 Å². The molecule has 168 valence electrons. The molecule has 3 aromatic rings. The van der Waals surface area contributed by atoms with Crippen LogP contribution in [0, 0.1) is 0 Å². The predicted octanol–water partition coefficient (Wildman–Crippen LogP) is 4.80. The van der Waals surface area contributed by atoms with Crippen LogP contribution in [0.3, 0.4) is 0 Å². The Bertz CT molecular complexity index is 1210. The summed E-state index contributed by atoms with van der Waals surface area (Å²) in [6.07, 6.45) is 3.33. The number of ether oxygens (including phenoxy) is 2. The molecule has 0 bridgehead atoms. The Kier molecular flexibility index (Phi) is 6.48. The van der Waals surface area contributed by atoms with Crippen LogP contribution >= 0.6 is 11.3 Å². The first-order chi connectivity index (χ1) is 15.4. The lowest BCUT2D eigenvalue weighted by atomic mass is 10.2. The highest BCUT2D eigenvalue weighted by atomic mass is 32.2. The van der Waals surface area contributed by atoms with E-state index in [1.54, 1.807) is 49.9 Å². The summed E-state index contributed by atoms with van der Waals surface area (Å²) >= 11 is 1.32. The van der Waals surface area contributed by atoms with Crippen LogP contribution in [0.1, 0.15) is 36.2 Å². The van der Waals surface area contributed by atoms with Crippen LogP contribution in [0.5, 0.6) is 11.5 Å². The van der Waals surface area contributed by atoms with E-state index in [1.807, 2.05) is 12.1 Å². The zero-order valence-electron chi connectivity index (χ0n) is 17.8. The van der Waals surface area contributed by atoms with E-state index in [9.17, 15) is 13.2 Å². The van der Waals surface area contributed by atoms with E-state index < -0.39 is 9.84 Å². The maximum Gasteiger partial charge on any atom is 0.275 e. The number of sulfone groups is 1. The van der Waals surface area contributed by atoms with Gasteiger partial charge in [0.2, 0.25) is 0 Å². The van der Waals surface area contributed by atoms with Crippen molar-refractivity contribution in [1.82, 2.24) is 4.98 Å². The van der Waals surface area contributed by atoms with E-state index in [2.05, 4.69) is 10.3 Å². The molecule has 9 heteroatoms. The lowest BCUT2D eigenvalue weighted by Gasteiger charge is -2.12. The third-order valence-electron chi connectivity index (χ3n) is 5.55. The van der Waals surface area contributed by atoms with Crippen molar-refractivity contribution >= 4 is 32.8 Å². The molecule has 1 aliphatic carbocycles. The maximum atomic E-state index is 12.7. The average Bonchev–Trinajstić information content (AvgIpc) is 3.51. The zero-order valence-corrected chi connectivity index (χ0v) is 19.5. The minimum absolute atomic E-state index is 0.262. The molecule has 1 aromatic heterocycles. The number of anilines is 1. The number of carbonyl (C=O) groups excluding carboxylic acids is 1. The predicted molar refractivity (Wildman–Crippen MR) is 124 cm³/mol. The Labute approximate surface area is 191 Å². The van der Waals surface area contributed by atoms with Crippen LogP contribution in [0.4, 0.5) is 5.69 Å². The molecule has 1 heterocycles. The van der Waals surface area contributed by atoms with Crippen LogP contribution in [-0.4, -0.2) is 38.8 Å². The Morgan fingerprint density at radius 1 is 1.06 bits per heavy atom. The number of hydrogen-bond acceptors (Lipinski definition) is 7. The summed E-state index contributed by atoms with van der Waals surface area (Å²) in [4.78, 5) is 17.4. The SMILES string of the molecule is COc1cccc(-c2nc(C(=O)Nc3ccc(S(=O)(=O)C4CCCC4)cc3)cs2)c1OC. The highest BCUT2D eigenvalue weighted by Crippen LogP contribution is 2.39. The molecule has 1 saturated carbocycles. The fraction of sp³-hybridized carbons (Fsp3) is 0.304. The molecule has 2 aromatic carbocycles. The number of para-hydroxylation sites is 1. The average molecular weight is 473 g/mol. The van der Waals surface area contributed by atoms with Gasteiger partial charge in [-0.1, -0.05) is 18.9 Å². The quantitative estimate of drug-likeness (QED) is 0.531. The second-order valence-corrected chi connectivity index (χ2v) is 10.6. The normalized spacial score (nSPS) is 14.3. The molecule has 32 heavy (non-hydrogen) atoms. The van der Waals surface area contributed by atoms with Gasteiger partial charge in [-0.3, -0.25) is 4.79 Å². The van der Waals surface area contributed by atoms with Crippen molar-refractivity contribution in [2.24, 2.45) is 0 Å². The van der Waals surface area contributed by atoms with Crippen molar-refractivity contribution in [2.75, 3.05) is 19.5 Å². The number of amides is 1. The van der Waals surface area contributed by atoms with Crippen molar-refractivity contribution < 1.29 is 22.7 Å². The summed E-state index contributed by atoms with van der Waals surface area (Å²) in [5.41, 5.74) is 1.50. The number of thiazole rings is 1. The number of benzene rings is 2. The Morgan fingerprint density at radius 2 is 1.78 bits per heavy atom. The number of carbonyl (C=O) groups is 1. The second kappa shape index (κ2) is 9.30. The van der Waals surface area contributed by atoms with Gasteiger partial charge in [0.05, 0.1) is 29.9 Å². The molecule has 0 unspecified atom stereocenters. The van der Waals surface area contributed by atoms with Gasteiger partial charge in [0, 0.05) is 11.1 Å². The van der Waals surface area contributed by atoms with Gasteiger partial charge in [-0.15, -0.1) is 11.3 Å². The fourth-order valence-corrected chi connectivity index (χ4v) is 6.55. The smallest absolute Gasteiger partial charge is 0.275 e. The topological polar surface area (TPSA) is 94.6 Å². The van der Waals surface area contributed by atoms with Gasteiger partial charge in [-0.05, 0) is 49.2 Å². The Morgan fingerprint density at radius 3 is 2.44 bits per heavy atom. The summed E-state index contributed by atoms with van der Waals surface area (Å²) in [6.45, 7) is 0. The van der Waals surface area contributed by atoms with Crippen LogP contribution < -0.4 is 14.8 Å². The zero-order chi connectivity index (χ0) is 22.7. The lowest BCUT2D eigenvalue weighted by molar-refractivity contribution is 0.102. The van der Waals surface area contributed by atoms with Gasteiger partial charge >= 0.3 is 0 Å². The minimum atomic E-state index is -3.32. The number of hydrogen-bond donors (Lipinski definition) is 1. The van der Waals surface area contributed by atoms with E-state index in [0.717, 1.165) is 18.4 Å². The molecule has 1 aliphatic rings. The van der Waals surface area contributed by atoms with E-state index >= 15 is 0 Å². The van der Waals surface area contributed by atoms with Gasteiger partial charge in [-0.2, -0.15) is 0 Å². The van der Waals surface area contributed by atoms with Crippen LogP contribution in [0.25, 0.3) is 10.6 Å². The molecular formula is C23H24N2O5S2. The van der Waals surface area contributed by atoms with Gasteiger partial charge in [0.25, 0.3) is 5.91 Å². The summed E-state index contributed by atoms with van der Waals surface area (Å²) in [7, 11) is -0.204. The van der Waals surface area contributed by atoms with E-state index in [-0.39, 0.29) is 16.9 Å². The largest absolute Gasteiger partial charge is 0.493 e. The number of methoxy groups -OCH3 is 2. The molecule has 4 rings (SSSR count). The molecule has 0 radical (unpaired) electrons. The van der Waals surface area contributed by atoms with Crippen LogP contribution in [-0.2, 0) is 9.84 Å². The Hall–Kier alpha value is -2.91. The van der Waals surface area contributed by atoms with Crippen molar-refractivity contribution in [3.05, 3.63) is 53.5 Å².